The third kappa shape index (κ3) is 4.34. The van der Waals surface area contributed by atoms with E-state index < -0.39 is 0 Å². The summed E-state index contributed by atoms with van der Waals surface area (Å²) in [4.78, 5) is 6.50. The smallest absolute Gasteiger partial charge is 0.123 e. The zero-order valence-electron chi connectivity index (χ0n) is 14.8. The predicted molar refractivity (Wildman–Crippen MR) is 95.1 cm³/mol. The van der Waals surface area contributed by atoms with Gasteiger partial charge in [0.05, 0.1) is 6.61 Å². The molecular weight excluding hydrogens is 300 g/mol. The van der Waals surface area contributed by atoms with Crippen molar-refractivity contribution < 1.29 is 9.47 Å². The molecule has 0 saturated carbocycles. The lowest BCUT2D eigenvalue weighted by Gasteiger charge is -2.22. The van der Waals surface area contributed by atoms with E-state index in [1.807, 2.05) is 12.4 Å². The van der Waals surface area contributed by atoms with E-state index in [0.29, 0.717) is 0 Å². The minimum atomic E-state index is -0.0896. The Labute approximate surface area is 144 Å². The summed E-state index contributed by atoms with van der Waals surface area (Å²) in [6.07, 6.45) is 4.66. The largest absolute Gasteiger partial charge is 0.487 e. The van der Waals surface area contributed by atoms with Crippen molar-refractivity contribution in [1.82, 2.24) is 9.88 Å². The number of rotatable bonds is 7. The van der Waals surface area contributed by atoms with E-state index >= 15 is 0 Å². The minimum absolute atomic E-state index is 0.0896. The van der Waals surface area contributed by atoms with Crippen LogP contribution in [0.4, 0.5) is 0 Å². The molecule has 3 rings (SSSR count). The number of nitrogens with zero attached hydrogens (tertiary/aromatic N) is 2. The molecule has 1 aliphatic rings. The van der Waals surface area contributed by atoms with Gasteiger partial charge in [-0.3, -0.25) is 9.88 Å². The summed E-state index contributed by atoms with van der Waals surface area (Å²) in [6.45, 7) is 7.70. The second-order valence-electron chi connectivity index (χ2n) is 7.04. The Hall–Kier alpha value is -1.91. The lowest BCUT2D eigenvalue weighted by molar-refractivity contribution is 0.138. The first-order valence-electron chi connectivity index (χ1n) is 8.47. The summed E-state index contributed by atoms with van der Waals surface area (Å²) >= 11 is 0. The molecule has 1 aromatic heterocycles. The average Bonchev–Trinajstić information content (AvgIpc) is 2.86. The van der Waals surface area contributed by atoms with E-state index in [1.165, 1.54) is 16.7 Å². The van der Waals surface area contributed by atoms with Gasteiger partial charge in [0.1, 0.15) is 11.4 Å². The maximum absolute atomic E-state index is 5.97. The molecule has 1 aromatic carbocycles. The van der Waals surface area contributed by atoms with E-state index in [4.69, 9.17) is 9.47 Å². The number of fused-ring (bicyclic) bond motifs is 1. The highest BCUT2D eigenvalue weighted by molar-refractivity contribution is 5.41. The maximum atomic E-state index is 5.97. The summed E-state index contributed by atoms with van der Waals surface area (Å²) < 4.78 is 11.2. The molecule has 128 valence electrons. The first kappa shape index (κ1) is 16.9. The van der Waals surface area contributed by atoms with E-state index in [-0.39, 0.29) is 5.60 Å². The number of aromatic nitrogens is 1. The molecule has 0 radical (unpaired) electrons. The minimum Gasteiger partial charge on any atom is -0.487 e. The van der Waals surface area contributed by atoms with E-state index in [9.17, 15) is 0 Å². The second kappa shape index (κ2) is 7.32. The van der Waals surface area contributed by atoms with Crippen LogP contribution in [0.5, 0.6) is 5.75 Å². The first-order chi connectivity index (χ1) is 11.6. The third-order valence-electron chi connectivity index (χ3n) is 4.30. The molecule has 0 N–H and O–H groups in total. The fourth-order valence-corrected chi connectivity index (χ4v) is 3.20. The van der Waals surface area contributed by atoms with Crippen molar-refractivity contribution in [2.45, 2.75) is 39.0 Å². The van der Waals surface area contributed by atoms with Gasteiger partial charge in [-0.05, 0) is 48.7 Å². The number of ether oxygens (including phenoxy) is 2. The average molecular weight is 326 g/mol. The summed E-state index contributed by atoms with van der Waals surface area (Å²) in [6, 6.07) is 10.7. The molecule has 2 aromatic rings. The van der Waals surface area contributed by atoms with Crippen LogP contribution in [0, 0.1) is 0 Å². The van der Waals surface area contributed by atoms with E-state index in [2.05, 4.69) is 54.1 Å². The van der Waals surface area contributed by atoms with Crippen molar-refractivity contribution in [1.29, 1.82) is 0 Å². The van der Waals surface area contributed by atoms with Crippen molar-refractivity contribution in [2.75, 3.05) is 20.3 Å². The number of pyridine rings is 1. The normalized spacial score (nSPS) is 15.3. The van der Waals surface area contributed by atoms with Gasteiger partial charge in [0.25, 0.3) is 0 Å². The van der Waals surface area contributed by atoms with Gasteiger partial charge in [-0.25, -0.2) is 0 Å². The Morgan fingerprint density at radius 3 is 2.62 bits per heavy atom. The fourth-order valence-electron chi connectivity index (χ4n) is 3.20. The summed E-state index contributed by atoms with van der Waals surface area (Å²) in [7, 11) is 1.75. The first-order valence-corrected chi connectivity index (χ1v) is 8.47. The van der Waals surface area contributed by atoms with Gasteiger partial charge in [0.2, 0.25) is 0 Å². The molecule has 0 atom stereocenters. The Morgan fingerprint density at radius 1 is 1.12 bits per heavy atom. The standard InChI is InChI=1S/C20H26N2O2/c1-20(2)13-18-12-17(4-5-19(18)24-20)15-22(10-11-23-3)14-16-6-8-21-9-7-16/h4-9,12H,10-11,13-15H2,1-3H3. The lowest BCUT2D eigenvalue weighted by Crippen LogP contribution is -2.26. The van der Waals surface area contributed by atoms with E-state index in [0.717, 1.165) is 38.4 Å². The van der Waals surface area contributed by atoms with Crippen molar-refractivity contribution in [2.24, 2.45) is 0 Å². The fraction of sp³-hybridized carbons (Fsp3) is 0.450. The lowest BCUT2D eigenvalue weighted by atomic mass is 10.00. The zero-order chi connectivity index (χ0) is 17.0. The van der Waals surface area contributed by atoms with Crippen molar-refractivity contribution in [3.63, 3.8) is 0 Å². The molecule has 0 saturated heterocycles. The Morgan fingerprint density at radius 2 is 1.88 bits per heavy atom. The second-order valence-corrected chi connectivity index (χ2v) is 7.04. The summed E-state index contributed by atoms with van der Waals surface area (Å²) in [5, 5.41) is 0. The van der Waals surface area contributed by atoms with E-state index in [1.54, 1.807) is 7.11 Å². The highest BCUT2D eigenvalue weighted by atomic mass is 16.5. The molecule has 4 heteroatoms. The van der Waals surface area contributed by atoms with Crippen LogP contribution in [0.3, 0.4) is 0 Å². The van der Waals surface area contributed by atoms with Gasteiger partial charge in [0, 0.05) is 45.6 Å². The molecule has 24 heavy (non-hydrogen) atoms. The van der Waals surface area contributed by atoms with Gasteiger partial charge in [-0.1, -0.05) is 12.1 Å². The van der Waals surface area contributed by atoms with Crippen LogP contribution in [0.2, 0.25) is 0 Å². The van der Waals surface area contributed by atoms with Gasteiger partial charge in [-0.15, -0.1) is 0 Å². The zero-order valence-corrected chi connectivity index (χ0v) is 14.8. The van der Waals surface area contributed by atoms with Gasteiger partial charge in [0.15, 0.2) is 0 Å². The van der Waals surface area contributed by atoms with Gasteiger partial charge in [-0.2, -0.15) is 0 Å². The van der Waals surface area contributed by atoms with Gasteiger partial charge >= 0.3 is 0 Å². The monoisotopic (exact) mass is 326 g/mol. The molecule has 0 fully saturated rings. The molecule has 0 aliphatic carbocycles. The van der Waals surface area contributed by atoms with Crippen LogP contribution in [0.15, 0.2) is 42.7 Å². The number of methoxy groups -OCH3 is 1. The highest BCUT2D eigenvalue weighted by Crippen LogP contribution is 2.35. The molecule has 2 heterocycles. The van der Waals surface area contributed by atoms with Crippen molar-refractivity contribution >= 4 is 0 Å². The van der Waals surface area contributed by atoms with Crippen LogP contribution in [0.1, 0.15) is 30.5 Å². The predicted octanol–water partition coefficient (Wildman–Crippen LogP) is 3.44. The van der Waals surface area contributed by atoms with Crippen LogP contribution in [0.25, 0.3) is 0 Å². The molecule has 0 amide bonds. The van der Waals surface area contributed by atoms with Gasteiger partial charge < -0.3 is 9.47 Å². The summed E-state index contributed by atoms with van der Waals surface area (Å²) in [5.74, 6) is 1.03. The maximum Gasteiger partial charge on any atom is 0.123 e. The third-order valence-corrected chi connectivity index (χ3v) is 4.30. The van der Waals surface area contributed by atoms with Crippen LogP contribution >= 0.6 is 0 Å². The highest BCUT2D eigenvalue weighted by Gasteiger charge is 2.29. The quantitative estimate of drug-likeness (QED) is 0.780. The van der Waals surface area contributed by atoms with Crippen LogP contribution < -0.4 is 4.74 Å². The number of hydrogen-bond donors (Lipinski definition) is 0. The Bertz CT molecular complexity index is 671. The number of hydrogen-bond acceptors (Lipinski definition) is 4. The Kier molecular flexibility index (Phi) is 5.17. The van der Waals surface area contributed by atoms with Crippen LogP contribution in [-0.4, -0.2) is 35.7 Å². The van der Waals surface area contributed by atoms with Crippen LogP contribution in [-0.2, 0) is 24.2 Å². The molecule has 0 spiro atoms. The Balaban J connectivity index is 1.71. The SMILES string of the molecule is COCCN(Cc1ccncc1)Cc1ccc2c(c1)CC(C)(C)O2. The molecule has 0 unspecified atom stereocenters. The topological polar surface area (TPSA) is 34.6 Å². The van der Waals surface area contributed by atoms with Crippen molar-refractivity contribution in [3.05, 3.63) is 59.4 Å². The summed E-state index contributed by atoms with van der Waals surface area (Å²) in [5.41, 5.74) is 3.81. The molecule has 0 bridgehead atoms. The molecule has 4 nitrogen and oxygen atoms in total. The molecular formula is C20H26N2O2. The van der Waals surface area contributed by atoms with Crippen molar-refractivity contribution in [3.8, 4) is 5.75 Å². The molecule has 1 aliphatic heterocycles. The number of benzene rings is 1.